The van der Waals surface area contributed by atoms with Gasteiger partial charge in [-0.15, -0.1) is 11.8 Å². The third-order valence-corrected chi connectivity index (χ3v) is 4.20. The minimum absolute atomic E-state index is 0.126. The summed E-state index contributed by atoms with van der Waals surface area (Å²) in [5.74, 6) is -1.04. The first-order valence-electron chi connectivity index (χ1n) is 5.59. The summed E-state index contributed by atoms with van der Waals surface area (Å²) in [7, 11) is 0. The molecular formula is C11H14N2O3S. The lowest BCUT2D eigenvalue weighted by Crippen LogP contribution is -2.18. The minimum atomic E-state index is -1.04. The first-order valence-corrected chi connectivity index (χ1v) is 6.47. The Bertz CT molecular complexity index is 492. The summed E-state index contributed by atoms with van der Waals surface area (Å²) in [5, 5.41) is 9.88. The highest BCUT2D eigenvalue weighted by Crippen LogP contribution is 2.35. The second-order valence-electron chi connectivity index (χ2n) is 4.18. The monoisotopic (exact) mass is 254 g/mol. The van der Waals surface area contributed by atoms with Gasteiger partial charge in [0, 0.05) is 10.9 Å². The molecule has 0 radical (unpaired) electrons. The van der Waals surface area contributed by atoms with E-state index in [1.165, 1.54) is 24.6 Å². The number of hydrogen-bond acceptors (Lipinski definition) is 4. The number of carboxylic acid groups (broad SMARTS) is 1. The molecule has 92 valence electrons. The normalized spacial score (nSPS) is 16.3. The lowest BCUT2D eigenvalue weighted by Gasteiger charge is -2.10. The first-order chi connectivity index (χ1) is 8.08. The summed E-state index contributed by atoms with van der Waals surface area (Å²) in [6.07, 6.45) is 4.47. The van der Waals surface area contributed by atoms with Gasteiger partial charge in [0.1, 0.15) is 10.6 Å². The van der Waals surface area contributed by atoms with Crippen LogP contribution in [0.1, 0.15) is 41.7 Å². The average Bonchev–Trinajstić information content (AvgIpc) is 2.68. The minimum Gasteiger partial charge on any atom is -0.478 e. The Morgan fingerprint density at radius 1 is 1.47 bits per heavy atom. The Balaban J connectivity index is 2.36. The molecule has 1 aliphatic rings. The third-order valence-electron chi connectivity index (χ3n) is 2.88. The molecule has 1 aromatic rings. The zero-order valence-corrected chi connectivity index (χ0v) is 10.3. The molecule has 0 amide bonds. The van der Waals surface area contributed by atoms with Gasteiger partial charge in [-0.05, 0) is 19.8 Å². The third kappa shape index (κ3) is 2.69. The van der Waals surface area contributed by atoms with Crippen LogP contribution in [0.2, 0.25) is 0 Å². The number of rotatable bonds is 3. The van der Waals surface area contributed by atoms with E-state index in [9.17, 15) is 9.59 Å². The van der Waals surface area contributed by atoms with Crippen molar-refractivity contribution < 1.29 is 9.90 Å². The van der Waals surface area contributed by atoms with E-state index < -0.39 is 11.7 Å². The Hall–Kier alpha value is -1.30. The summed E-state index contributed by atoms with van der Waals surface area (Å²) in [6, 6.07) is 0. The van der Waals surface area contributed by atoms with Crippen molar-refractivity contribution in [2.24, 2.45) is 0 Å². The smallest absolute Gasteiger partial charge is 0.346 e. The van der Waals surface area contributed by atoms with E-state index in [0.29, 0.717) is 16.0 Å². The zero-order chi connectivity index (χ0) is 12.4. The van der Waals surface area contributed by atoms with Crippen molar-refractivity contribution in [2.75, 3.05) is 0 Å². The number of hydrogen-bond donors (Lipinski definition) is 2. The lowest BCUT2D eigenvalue weighted by molar-refractivity contribution is 0.0690. The lowest BCUT2D eigenvalue weighted by atomic mass is 10.2. The molecule has 1 aliphatic carbocycles. The molecule has 6 heteroatoms. The second-order valence-corrected chi connectivity index (χ2v) is 5.47. The van der Waals surface area contributed by atoms with Crippen LogP contribution in [-0.2, 0) is 0 Å². The van der Waals surface area contributed by atoms with Crippen LogP contribution >= 0.6 is 11.8 Å². The maximum Gasteiger partial charge on any atom is 0.346 e. The van der Waals surface area contributed by atoms with Crippen LogP contribution in [0.5, 0.6) is 0 Å². The average molecular weight is 254 g/mol. The fourth-order valence-corrected chi connectivity index (χ4v) is 3.44. The van der Waals surface area contributed by atoms with Crippen molar-refractivity contribution in [3.8, 4) is 0 Å². The molecule has 0 spiro atoms. The van der Waals surface area contributed by atoms with Crippen molar-refractivity contribution in [1.29, 1.82) is 0 Å². The molecule has 0 aliphatic heterocycles. The molecule has 2 rings (SSSR count). The van der Waals surface area contributed by atoms with Gasteiger partial charge in [0.25, 0.3) is 0 Å². The van der Waals surface area contributed by atoms with E-state index in [-0.39, 0.29) is 5.56 Å². The van der Waals surface area contributed by atoms with Gasteiger partial charge in [-0.3, -0.25) is 0 Å². The fourth-order valence-electron chi connectivity index (χ4n) is 2.06. The summed E-state index contributed by atoms with van der Waals surface area (Å²) in [6.45, 7) is 1.59. The van der Waals surface area contributed by atoms with Crippen molar-refractivity contribution in [2.45, 2.75) is 42.9 Å². The molecule has 17 heavy (non-hydrogen) atoms. The molecule has 5 nitrogen and oxygen atoms in total. The van der Waals surface area contributed by atoms with Gasteiger partial charge in [-0.1, -0.05) is 12.8 Å². The van der Waals surface area contributed by atoms with Gasteiger partial charge in [0.15, 0.2) is 0 Å². The molecular weight excluding hydrogens is 240 g/mol. The highest BCUT2D eigenvalue weighted by Gasteiger charge is 2.22. The molecule has 1 saturated carbocycles. The quantitative estimate of drug-likeness (QED) is 0.804. The number of thioether (sulfide) groups is 1. The molecule has 1 fully saturated rings. The van der Waals surface area contributed by atoms with Gasteiger partial charge in [0.2, 0.25) is 0 Å². The number of aromatic nitrogens is 2. The molecule has 0 saturated heterocycles. The molecule has 0 unspecified atom stereocenters. The van der Waals surface area contributed by atoms with E-state index >= 15 is 0 Å². The van der Waals surface area contributed by atoms with Crippen LogP contribution in [0.4, 0.5) is 0 Å². The molecule has 0 atom stereocenters. The summed E-state index contributed by atoms with van der Waals surface area (Å²) in [4.78, 5) is 28.7. The molecule has 0 aromatic carbocycles. The Kier molecular flexibility index (Phi) is 3.51. The predicted molar refractivity (Wildman–Crippen MR) is 64.7 cm³/mol. The first kappa shape index (κ1) is 12.2. The van der Waals surface area contributed by atoms with Gasteiger partial charge in [-0.2, -0.15) is 4.98 Å². The van der Waals surface area contributed by atoms with E-state index in [0.717, 1.165) is 12.8 Å². The number of aromatic carboxylic acids is 1. The maximum absolute atomic E-state index is 11.3. The van der Waals surface area contributed by atoms with Crippen LogP contribution in [0.15, 0.2) is 9.82 Å². The second kappa shape index (κ2) is 4.91. The Morgan fingerprint density at radius 3 is 2.71 bits per heavy atom. The number of nitrogens with one attached hydrogen (secondary N) is 1. The zero-order valence-electron chi connectivity index (χ0n) is 9.52. The molecule has 1 heterocycles. The van der Waals surface area contributed by atoms with E-state index in [1.54, 1.807) is 6.92 Å². The number of carboxylic acids is 1. The molecule has 2 N–H and O–H groups in total. The van der Waals surface area contributed by atoms with Crippen molar-refractivity contribution in [3.05, 3.63) is 21.7 Å². The van der Waals surface area contributed by atoms with Gasteiger partial charge < -0.3 is 10.1 Å². The van der Waals surface area contributed by atoms with Crippen LogP contribution in [0, 0.1) is 6.92 Å². The predicted octanol–water partition coefficient (Wildman–Crippen LogP) is 1.81. The standard InChI is InChI=1S/C11H14N2O3S/c1-6-8(10(14)15)9(13-11(16)12-6)17-7-4-2-3-5-7/h7H,2-5H2,1H3,(H,14,15)(H,12,13,16). The number of nitrogens with zero attached hydrogens (tertiary/aromatic N) is 1. The largest absolute Gasteiger partial charge is 0.478 e. The van der Waals surface area contributed by atoms with Crippen LogP contribution < -0.4 is 5.69 Å². The summed E-state index contributed by atoms with van der Waals surface area (Å²) >= 11 is 1.42. The van der Waals surface area contributed by atoms with Crippen molar-refractivity contribution in [3.63, 3.8) is 0 Å². The molecule has 1 aromatic heterocycles. The van der Waals surface area contributed by atoms with Gasteiger partial charge in [-0.25, -0.2) is 9.59 Å². The van der Waals surface area contributed by atoms with Crippen molar-refractivity contribution >= 4 is 17.7 Å². The van der Waals surface area contributed by atoms with Crippen LogP contribution in [-0.4, -0.2) is 26.3 Å². The van der Waals surface area contributed by atoms with Gasteiger partial charge in [0.05, 0.1) is 0 Å². The molecule has 0 bridgehead atoms. The van der Waals surface area contributed by atoms with E-state index in [1.807, 2.05) is 0 Å². The maximum atomic E-state index is 11.3. The highest BCUT2D eigenvalue weighted by atomic mass is 32.2. The number of aromatic amines is 1. The Labute approximate surface area is 103 Å². The SMILES string of the molecule is Cc1[nH]c(=O)nc(SC2CCCC2)c1C(=O)O. The number of carbonyl (C=O) groups is 1. The highest BCUT2D eigenvalue weighted by molar-refractivity contribution is 7.99. The topological polar surface area (TPSA) is 83.0 Å². The van der Waals surface area contributed by atoms with Crippen molar-refractivity contribution in [1.82, 2.24) is 9.97 Å². The van der Waals surface area contributed by atoms with Gasteiger partial charge >= 0.3 is 11.7 Å². The fraction of sp³-hybridized carbons (Fsp3) is 0.545. The number of aryl methyl sites for hydroxylation is 1. The summed E-state index contributed by atoms with van der Waals surface area (Å²) in [5.41, 5.74) is 0.0208. The van der Waals surface area contributed by atoms with E-state index in [2.05, 4.69) is 9.97 Å². The van der Waals surface area contributed by atoms with Crippen LogP contribution in [0.25, 0.3) is 0 Å². The Morgan fingerprint density at radius 2 is 2.12 bits per heavy atom. The summed E-state index contributed by atoms with van der Waals surface area (Å²) < 4.78 is 0. The number of H-pyrrole nitrogens is 1. The van der Waals surface area contributed by atoms with E-state index in [4.69, 9.17) is 5.11 Å². The van der Waals surface area contributed by atoms with Crippen LogP contribution in [0.3, 0.4) is 0 Å².